The van der Waals surface area contributed by atoms with Gasteiger partial charge in [-0.2, -0.15) is 0 Å². The Balaban J connectivity index is 2.49. The third kappa shape index (κ3) is 0.982. The molecule has 0 unspecified atom stereocenters. The Kier molecular flexibility index (Phi) is 1.49. The van der Waals surface area contributed by atoms with Crippen molar-refractivity contribution in [2.45, 2.75) is 0 Å². The molecular weight excluding hydrogens is 98.9 g/mol. The molecule has 1 heterocycles. The average molecular weight is 108 g/mol. The Morgan fingerprint density at radius 2 is 2.25 bits per heavy atom. The van der Waals surface area contributed by atoms with Crippen LogP contribution in [-0.2, 0) is 0 Å². The molecule has 2 nitrogen and oxygen atoms in total. The smallest absolute Gasteiger partial charge is 0.297 e. The van der Waals surface area contributed by atoms with E-state index in [1.165, 1.54) is 0 Å². The zero-order valence-electron chi connectivity index (χ0n) is 5.20. The van der Waals surface area contributed by atoms with Crippen LogP contribution >= 0.6 is 0 Å². The maximum absolute atomic E-state index is 3.94. The van der Waals surface area contributed by atoms with E-state index in [2.05, 4.69) is 15.8 Å². The zero-order chi connectivity index (χ0) is 5.98. The predicted molar refractivity (Wildman–Crippen MR) is 37.1 cm³/mol. The fraction of sp³-hybridized carbons (Fsp3) is 0.400. The van der Waals surface area contributed by atoms with Gasteiger partial charge in [0.25, 0.3) is 6.85 Å². The van der Waals surface area contributed by atoms with Crippen LogP contribution in [0.4, 0.5) is 0 Å². The van der Waals surface area contributed by atoms with Gasteiger partial charge >= 0.3 is 0 Å². The minimum Gasteiger partial charge on any atom is -0.339 e. The molecule has 3 heteroatoms. The lowest BCUT2D eigenvalue weighted by Gasteiger charge is -2.08. The minimum absolute atomic E-state index is 0.426. The van der Waals surface area contributed by atoms with Crippen LogP contribution in [0.3, 0.4) is 0 Å². The quantitative estimate of drug-likeness (QED) is 0.438. The molecule has 0 aromatic carbocycles. The van der Waals surface area contributed by atoms with Gasteiger partial charge in [-0.3, -0.25) is 4.99 Å². The van der Waals surface area contributed by atoms with Gasteiger partial charge in [0.15, 0.2) is 0 Å². The first-order valence-electron chi connectivity index (χ1n) is 2.67. The SMILES string of the molecule is CN(C)B1C=CN=C1. The Labute approximate surface area is 50.0 Å². The highest BCUT2D eigenvalue weighted by atomic mass is 15.0. The monoisotopic (exact) mass is 108 g/mol. The fourth-order valence-electron chi connectivity index (χ4n) is 0.631. The second kappa shape index (κ2) is 2.14. The fourth-order valence-corrected chi connectivity index (χ4v) is 0.631. The maximum Gasteiger partial charge on any atom is 0.297 e. The highest BCUT2D eigenvalue weighted by Gasteiger charge is 2.11. The average Bonchev–Trinajstić information content (AvgIpc) is 2.12. The first-order valence-corrected chi connectivity index (χ1v) is 2.67. The van der Waals surface area contributed by atoms with E-state index in [0.29, 0.717) is 6.85 Å². The van der Waals surface area contributed by atoms with Crippen molar-refractivity contribution in [1.82, 2.24) is 4.81 Å². The van der Waals surface area contributed by atoms with Gasteiger partial charge in [0.1, 0.15) is 0 Å². The van der Waals surface area contributed by atoms with Gasteiger partial charge < -0.3 is 4.81 Å². The molecule has 8 heavy (non-hydrogen) atoms. The molecular formula is C5H9BN2. The summed E-state index contributed by atoms with van der Waals surface area (Å²) in [5.74, 6) is 2.06. The van der Waals surface area contributed by atoms with E-state index >= 15 is 0 Å². The Bertz CT molecular complexity index is 116. The van der Waals surface area contributed by atoms with Crippen LogP contribution in [0.1, 0.15) is 0 Å². The van der Waals surface area contributed by atoms with Crippen molar-refractivity contribution in [1.29, 1.82) is 0 Å². The molecule has 0 atom stereocenters. The number of hydrogen-bond donors (Lipinski definition) is 0. The van der Waals surface area contributed by atoms with E-state index in [0.717, 1.165) is 0 Å². The van der Waals surface area contributed by atoms with E-state index < -0.39 is 0 Å². The third-order valence-electron chi connectivity index (χ3n) is 1.20. The summed E-state index contributed by atoms with van der Waals surface area (Å²) >= 11 is 0. The topological polar surface area (TPSA) is 15.6 Å². The van der Waals surface area contributed by atoms with Crippen LogP contribution < -0.4 is 0 Å². The van der Waals surface area contributed by atoms with Crippen LogP contribution in [0.5, 0.6) is 0 Å². The third-order valence-corrected chi connectivity index (χ3v) is 1.20. The van der Waals surface area contributed by atoms with E-state index in [-0.39, 0.29) is 0 Å². The van der Waals surface area contributed by atoms with Crippen LogP contribution in [0, 0.1) is 0 Å². The van der Waals surface area contributed by atoms with Gasteiger partial charge in [-0.1, -0.05) is 5.98 Å². The normalized spacial score (nSPS) is 16.6. The molecule has 1 aliphatic heterocycles. The lowest BCUT2D eigenvalue weighted by atomic mass is 9.64. The molecule has 0 fully saturated rings. The Morgan fingerprint density at radius 1 is 1.50 bits per heavy atom. The molecule has 0 aromatic heterocycles. The summed E-state index contributed by atoms with van der Waals surface area (Å²) in [6.45, 7) is 0.426. The summed E-state index contributed by atoms with van der Waals surface area (Å²) in [6, 6.07) is 0. The van der Waals surface area contributed by atoms with Gasteiger partial charge in [-0.05, 0) is 20.2 Å². The van der Waals surface area contributed by atoms with Crippen molar-refractivity contribution in [2.24, 2.45) is 4.99 Å². The summed E-state index contributed by atoms with van der Waals surface area (Å²) in [6.07, 6.45) is 3.74. The number of rotatable bonds is 1. The van der Waals surface area contributed by atoms with Crippen LogP contribution in [-0.4, -0.2) is 31.9 Å². The first kappa shape index (κ1) is 5.57. The summed E-state index contributed by atoms with van der Waals surface area (Å²) in [5, 5.41) is 0. The van der Waals surface area contributed by atoms with E-state index in [4.69, 9.17) is 0 Å². The molecule has 0 saturated heterocycles. The van der Waals surface area contributed by atoms with Crippen molar-refractivity contribution >= 4 is 13.0 Å². The largest absolute Gasteiger partial charge is 0.339 e. The molecule has 1 aliphatic rings. The maximum atomic E-state index is 3.94. The highest BCUT2D eigenvalue weighted by Crippen LogP contribution is 1.93. The van der Waals surface area contributed by atoms with Crippen molar-refractivity contribution < 1.29 is 0 Å². The molecule has 0 aromatic rings. The lowest BCUT2D eigenvalue weighted by molar-refractivity contribution is 0.661. The zero-order valence-corrected chi connectivity index (χ0v) is 5.20. The van der Waals surface area contributed by atoms with Crippen LogP contribution in [0.15, 0.2) is 17.2 Å². The molecule has 0 radical (unpaired) electrons. The summed E-state index contributed by atoms with van der Waals surface area (Å²) in [7, 11) is 4.07. The Hall–Kier alpha value is -0.565. The van der Waals surface area contributed by atoms with E-state index in [1.54, 1.807) is 0 Å². The van der Waals surface area contributed by atoms with Gasteiger partial charge in [-0.15, -0.1) is 0 Å². The Morgan fingerprint density at radius 3 is 2.50 bits per heavy atom. The molecule has 0 N–H and O–H groups in total. The summed E-state index contributed by atoms with van der Waals surface area (Å²) < 4.78 is 0. The van der Waals surface area contributed by atoms with Crippen molar-refractivity contribution in [3.63, 3.8) is 0 Å². The number of aliphatic imine (C=N–C) groups is 1. The van der Waals surface area contributed by atoms with Gasteiger partial charge in [-0.25, -0.2) is 0 Å². The highest BCUT2D eigenvalue weighted by molar-refractivity contribution is 6.87. The summed E-state index contributed by atoms with van der Waals surface area (Å²) in [5.41, 5.74) is 0. The standard InChI is InChI=1S/C5H9BN2/c1-8(2)6-3-4-7-5-6/h3-5H,1-2H3. The van der Waals surface area contributed by atoms with Crippen molar-refractivity contribution in [3.8, 4) is 0 Å². The van der Waals surface area contributed by atoms with Crippen LogP contribution in [0.2, 0.25) is 0 Å². The molecule has 0 amide bonds. The van der Waals surface area contributed by atoms with Crippen molar-refractivity contribution in [2.75, 3.05) is 14.1 Å². The molecule has 1 rings (SSSR count). The van der Waals surface area contributed by atoms with Gasteiger partial charge in [0, 0.05) is 6.20 Å². The van der Waals surface area contributed by atoms with Crippen molar-refractivity contribution in [3.05, 3.63) is 12.2 Å². The second-order valence-electron chi connectivity index (χ2n) is 2.09. The number of nitrogens with zero attached hydrogens (tertiary/aromatic N) is 2. The molecule has 0 spiro atoms. The molecule has 0 bridgehead atoms. The number of hydrogen-bond acceptors (Lipinski definition) is 2. The molecule has 42 valence electrons. The van der Waals surface area contributed by atoms with Gasteiger partial charge in [0.2, 0.25) is 0 Å². The van der Waals surface area contributed by atoms with E-state index in [9.17, 15) is 0 Å². The molecule has 0 aliphatic carbocycles. The second-order valence-corrected chi connectivity index (χ2v) is 2.09. The van der Waals surface area contributed by atoms with Crippen LogP contribution in [0.25, 0.3) is 0 Å². The molecule has 0 saturated carbocycles. The summed E-state index contributed by atoms with van der Waals surface area (Å²) in [4.78, 5) is 6.04. The predicted octanol–water partition coefficient (Wildman–Crippen LogP) is 0.216. The minimum atomic E-state index is 0.426. The lowest BCUT2D eigenvalue weighted by Crippen LogP contribution is -2.31. The van der Waals surface area contributed by atoms with E-state index in [1.807, 2.05) is 26.4 Å². The first-order chi connectivity index (χ1) is 3.80. The van der Waals surface area contributed by atoms with Gasteiger partial charge in [0.05, 0.1) is 0 Å².